The number of nitro groups is 1. The third-order valence-electron chi connectivity index (χ3n) is 2.44. The van der Waals surface area contributed by atoms with Gasteiger partial charge in [0.25, 0.3) is 5.69 Å². The van der Waals surface area contributed by atoms with Gasteiger partial charge in [-0.15, -0.1) is 0 Å². The van der Waals surface area contributed by atoms with E-state index in [1.165, 1.54) is 6.20 Å². The molecule has 0 unspecified atom stereocenters. The molecule has 0 bridgehead atoms. The Morgan fingerprint density at radius 1 is 1.45 bits per heavy atom. The lowest BCUT2D eigenvalue weighted by Gasteiger charge is -2.09. The Morgan fingerprint density at radius 2 is 2.10 bits per heavy atom. The van der Waals surface area contributed by atoms with Gasteiger partial charge in [-0.25, -0.2) is 18.1 Å². The van der Waals surface area contributed by atoms with Gasteiger partial charge in [-0.2, -0.15) is 0 Å². The number of halogens is 1. The third-order valence-corrected chi connectivity index (χ3v) is 4.14. The van der Waals surface area contributed by atoms with Gasteiger partial charge in [-0.3, -0.25) is 10.1 Å². The second kappa shape index (κ2) is 6.95. The van der Waals surface area contributed by atoms with Crippen LogP contribution in [0.1, 0.15) is 12.0 Å². The topological polar surface area (TPSA) is 114 Å². The van der Waals surface area contributed by atoms with Crippen LogP contribution in [0, 0.1) is 17.0 Å². The van der Waals surface area contributed by atoms with Gasteiger partial charge in [0.15, 0.2) is 0 Å². The van der Waals surface area contributed by atoms with E-state index in [4.69, 9.17) is 0 Å². The Hall–Kier alpha value is -1.26. The van der Waals surface area contributed by atoms with Crippen molar-refractivity contribution in [1.82, 2.24) is 9.71 Å². The highest BCUT2D eigenvalue weighted by molar-refractivity contribution is 9.10. The van der Waals surface area contributed by atoms with Crippen LogP contribution in [-0.4, -0.2) is 37.7 Å². The second-order valence-electron chi connectivity index (χ2n) is 4.13. The van der Waals surface area contributed by atoms with Gasteiger partial charge in [-0.1, -0.05) is 0 Å². The van der Waals surface area contributed by atoms with E-state index in [2.05, 4.69) is 31.0 Å². The van der Waals surface area contributed by atoms with E-state index < -0.39 is 14.9 Å². The molecular weight excluding hydrogens is 352 g/mol. The summed E-state index contributed by atoms with van der Waals surface area (Å²) in [6.07, 6.45) is 2.85. The van der Waals surface area contributed by atoms with Gasteiger partial charge in [-0.05, 0) is 29.3 Å². The molecule has 0 fully saturated rings. The first kappa shape index (κ1) is 16.8. The Morgan fingerprint density at radius 3 is 2.65 bits per heavy atom. The highest BCUT2D eigenvalue weighted by atomic mass is 79.9. The van der Waals surface area contributed by atoms with Gasteiger partial charge >= 0.3 is 0 Å². The fraction of sp³-hybridized carbons (Fsp3) is 0.500. The van der Waals surface area contributed by atoms with Gasteiger partial charge in [0.05, 0.1) is 15.7 Å². The SMILES string of the molecule is Cc1c([N+](=O)[O-])cnc(NCCCNS(C)(=O)=O)c1Br. The molecule has 20 heavy (non-hydrogen) atoms. The Balaban J connectivity index is 2.57. The molecule has 10 heteroatoms. The molecule has 1 aromatic rings. The van der Waals surface area contributed by atoms with Crippen LogP contribution in [0.25, 0.3) is 0 Å². The Labute approximate surface area is 125 Å². The van der Waals surface area contributed by atoms with Crippen LogP contribution in [-0.2, 0) is 10.0 Å². The average Bonchev–Trinajstić information content (AvgIpc) is 2.32. The normalized spacial score (nSPS) is 11.3. The van der Waals surface area contributed by atoms with Crippen molar-refractivity contribution in [3.05, 3.63) is 26.3 Å². The summed E-state index contributed by atoms with van der Waals surface area (Å²) >= 11 is 3.26. The van der Waals surface area contributed by atoms with E-state index in [-0.39, 0.29) is 5.69 Å². The summed E-state index contributed by atoms with van der Waals surface area (Å²) in [5, 5.41) is 13.7. The zero-order valence-corrected chi connectivity index (χ0v) is 13.4. The zero-order valence-electron chi connectivity index (χ0n) is 11.0. The van der Waals surface area contributed by atoms with E-state index in [1.807, 2.05) is 0 Å². The minimum atomic E-state index is -3.18. The molecule has 0 atom stereocenters. The van der Waals surface area contributed by atoms with Gasteiger partial charge in [0, 0.05) is 18.7 Å². The molecule has 112 valence electrons. The van der Waals surface area contributed by atoms with Gasteiger partial charge < -0.3 is 5.32 Å². The van der Waals surface area contributed by atoms with Gasteiger partial charge in [0.1, 0.15) is 12.0 Å². The molecule has 0 saturated carbocycles. The first-order valence-electron chi connectivity index (χ1n) is 5.70. The number of nitrogens with one attached hydrogen (secondary N) is 2. The Kier molecular flexibility index (Phi) is 5.84. The number of sulfonamides is 1. The van der Waals surface area contributed by atoms with Gasteiger partial charge in [0.2, 0.25) is 10.0 Å². The smallest absolute Gasteiger partial charge is 0.291 e. The lowest BCUT2D eigenvalue weighted by atomic mass is 10.2. The van der Waals surface area contributed by atoms with Crippen LogP contribution < -0.4 is 10.0 Å². The van der Waals surface area contributed by atoms with Crippen LogP contribution >= 0.6 is 15.9 Å². The molecule has 0 aliphatic rings. The fourth-order valence-electron chi connectivity index (χ4n) is 1.43. The molecule has 0 aromatic carbocycles. The first-order valence-corrected chi connectivity index (χ1v) is 8.39. The summed E-state index contributed by atoms with van der Waals surface area (Å²) < 4.78 is 24.6. The quantitative estimate of drug-likeness (QED) is 0.428. The van der Waals surface area contributed by atoms with Crippen molar-refractivity contribution in [2.45, 2.75) is 13.3 Å². The molecular formula is C10H15BrN4O4S. The monoisotopic (exact) mass is 366 g/mol. The Bertz CT molecular complexity index is 606. The van der Waals surface area contributed by atoms with Crippen LogP contribution in [0.15, 0.2) is 10.7 Å². The lowest BCUT2D eigenvalue weighted by molar-refractivity contribution is -0.385. The minimum absolute atomic E-state index is 0.0545. The fourth-order valence-corrected chi connectivity index (χ4v) is 2.39. The maximum absolute atomic E-state index is 10.8. The largest absolute Gasteiger partial charge is 0.369 e. The van der Waals surface area contributed by atoms with Crippen LogP contribution in [0.3, 0.4) is 0 Å². The molecule has 0 aliphatic heterocycles. The summed E-state index contributed by atoms with van der Waals surface area (Å²) in [6, 6.07) is 0. The summed E-state index contributed by atoms with van der Waals surface area (Å²) in [5.74, 6) is 0.493. The standard InChI is InChI=1S/C10H15BrN4O4S/c1-7-8(15(16)17)6-13-10(9(7)11)12-4-3-5-14-20(2,18)19/h6,14H,3-5H2,1-2H3,(H,12,13). The van der Waals surface area contributed by atoms with E-state index in [1.54, 1.807) is 6.92 Å². The summed E-state index contributed by atoms with van der Waals surface area (Å²) in [6.45, 7) is 2.43. The number of anilines is 1. The number of nitrogens with zero attached hydrogens (tertiary/aromatic N) is 2. The molecule has 8 nitrogen and oxygen atoms in total. The molecule has 1 aromatic heterocycles. The van der Waals surface area contributed by atoms with Crippen LogP contribution in [0.2, 0.25) is 0 Å². The second-order valence-corrected chi connectivity index (χ2v) is 6.76. The molecule has 1 heterocycles. The lowest BCUT2D eigenvalue weighted by Crippen LogP contribution is -2.24. The summed E-state index contributed by atoms with van der Waals surface area (Å²) in [4.78, 5) is 14.2. The minimum Gasteiger partial charge on any atom is -0.369 e. The van der Waals surface area contributed by atoms with Crippen molar-refractivity contribution < 1.29 is 13.3 Å². The predicted molar refractivity (Wildman–Crippen MR) is 79.3 cm³/mol. The number of hydrogen-bond donors (Lipinski definition) is 2. The molecule has 0 spiro atoms. The number of rotatable bonds is 7. The van der Waals surface area contributed by atoms with Crippen molar-refractivity contribution in [3.63, 3.8) is 0 Å². The van der Waals surface area contributed by atoms with E-state index in [9.17, 15) is 18.5 Å². The van der Waals surface area contributed by atoms with Crippen molar-refractivity contribution in [1.29, 1.82) is 0 Å². The highest BCUT2D eigenvalue weighted by Gasteiger charge is 2.16. The summed E-state index contributed by atoms with van der Waals surface area (Å²) in [7, 11) is -3.18. The van der Waals surface area contributed by atoms with Crippen LogP contribution in [0.5, 0.6) is 0 Å². The number of pyridine rings is 1. The van der Waals surface area contributed by atoms with Crippen molar-refractivity contribution in [2.24, 2.45) is 0 Å². The molecule has 1 rings (SSSR count). The summed E-state index contributed by atoms with van der Waals surface area (Å²) in [5.41, 5.74) is 0.433. The molecule has 0 aliphatic carbocycles. The first-order chi connectivity index (χ1) is 9.22. The van der Waals surface area contributed by atoms with Crippen molar-refractivity contribution in [2.75, 3.05) is 24.7 Å². The number of hydrogen-bond acceptors (Lipinski definition) is 6. The zero-order chi connectivity index (χ0) is 15.3. The van der Waals surface area contributed by atoms with Crippen molar-refractivity contribution >= 4 is 37.5 Å². The van der Waals surface area contributed by atoms with Crippen LogP contribution in [0.4, 0.5) is 11.5 Å². The molecule has 0 amide bonds. The average molecular weight is 367 g/mol. The maximum atomic E-state index is 10.8. The van der Waals surface area contributed by atoms with E-state index >= 15 is 0 Å². The highest BCUT2D eigenvalue weighted by Crippen LogP contribution is 2.30. The third kappa shape index (κ3) is 5.02. The molecule has 2 N–H and O–H groups in total. The predicted octanol–water partition coefficient (Wildman–Crippen LogP) is 1.41. The van der Waals surface area contributed by atoms with Crippen molar-refractivity contribution in [3.8, 4) is 0 Å². The maximum Gasteiger partial charge on any atom is 0.291 e. The molecule has 0 radical (unpaired) electrons. The molecule has 0 saturated heterocycles. The van der Waals surface area contributed by atoms with E-state index in [0.29, 0.717) is 35.4 Å². The van der Waals surface area contributed by atoms with E-state index in [0.717, 1.165) is 6.26 Å². The number of aromatic nitrogens is 1.